The zero-order chi connectivity index (χ0) is 14.7. The number of benzene rings is 1. The van der Waals surface area contributed by atoms with Gasteiger partial charge in [0.25, 0.3) is 0 Å². The van der Waals surface area contributed by atoms with Crippen LogP contribution in [0.4, 0.5) is 0 Å². The Balaban J connectivity index is 1.48. The van der Waals surface area contributed by atoms with E-state index in [0.717, 1.165) is 17.1 Å². The molecule has 1 aliphatic rings. The summed E-state index contributed by atoms with van der Waals surface area (Å²) in [6.45, 7) is 4.55. The fourth-order valence-electron chi connectivity index (χ4n) is 2.21. The Hall–Kier alpha value is -0.680. The largest absolute Gasteiger partial charge is 0.372 e. The summed E-state index contributed by atoms with van der Waals surface area (Å²) in [5.41, 5.74) is 2.53. The van der Waals surface area contributed by atoms with Crippen molar-refractivity contribution in [1.29, 1.82) is 0 Å². The minimum absolute atomic E-state index is 0.665. The smallest absolute Gasteiger partial charge is 0.0732 e. The normalized spacial score (nSPS) is 14.6. The number of halogens is 1. The molecule has 1 fully saturated rings. The zero-order valence-electron chi connectivity index (χ0n) is 12.2. The molecule has 2 aromatic rings. The van der Waals surface area contributed by atoms with Crippen LogP contribution in [0, 0.1) is 6.92 Å². The number of ether oxygens (including phenoxy) is 1. The second kappa shape index (κ2) is 7.05. The van der Waals surface area contributed by atoms with Crippen LogP contribution in [0.2, 0.25) is 0 Å². The van der Waals surface area contributed by atoms with Crippen LogP contribution in [0.25, 0.3) is 0 Å². The molecule has 0 radical (unpaired) electrons. The van der Waals surface area contributed by atoms with Gasteiger partial charge < -0.3 is 10.1 Å². The lowest BCUT2D eigenvalue weighted by Crippen LogP contribution is -2.14. The van der Waals surface area contributed by atoms with Gasteiger partial charge in [-0.25, -0.2) is 0 Å². The Labute approximate surface area is 138 Å². The molecule has 1 heterocycles. The average Bonchev–Trinajstić information content (AvgIpc) is 3.24. The van der Waals surface area contributed by atoms with Crippen molar-refractivity contribution in [1.82, 2.24) is 5.32 Å². The Kier molecular flexibility index (Phi) is 5.11. The fourth-order valence-corrected chi connectivity index (χ4v) is 3.47. The van der Waals surface area contributed by atoms with Crippen molar-refractivity contribution >= 4 is 27.3 Å². The third-order valence-corrected chi connectivity index (χ3v) is 5.27. The molecule has 0 saturated heterocycles. The van der Waals surface area contributed by atoms with Crippen molar-refractivity contribution in [3.63, 3.8) is 0 Å². The Morgan fingerprint density at radius 1 is 1.24 bits per heavy atom. The number of rotatable bonds is 7. The van der Waals surface area contributed by atoms with Gasteiger partial charge in [-0.05, 0) is 49.1 Å². The molecular weight excluding hydrogens is 346 g/mol. The van der Waals surface area contributed by atoms with Gasteiger partial charge in [-0.1, -0.05) is 28.1 Å². The predicted octanol–water partition coefficient (Wildman–Crippen LogP) is 4.79. The lowest BCUT2D eigenvalue weighted by atomic mass is 10.2. The van der Waals surface area contributed by atoms with Crippen molar-refractivity contribution in [2.45, 2.75) is 45.6 Å². The highest BCUT2D eigenvalue weighted by molar-refractivity contribution is 9.10. The molecule has 0 unspecified atom stereocenters. The highest BCUT2D eigenvalue weighted by Gasteiger charge is 2.20. The van der Waals surface area contributed by atoms with Crippen molar-refractivity contribution in [3.8, 4) is 0 Å². The highest BCUT2D eigenvalue weighted by Crippen LogP contribution is 2.25. The van der Waals surface area contributed by atoms with Crippen LogP contribution in [-0.2, 0) is 24.5 Å². The molecule has 1 aliphatic carbocycles. The van der Waals surface area contributed by atoms with Gasteiger partial charge in [0.1, 0.15) is 0 Å². The summed E-state index contributed by atoms with van der Waals surface area (Å²) >= 11 is 5.33. The second-order valence-electron chi connectivity index (χ2n) is 5.57. The first-order chi connectivity index (χ1) is 10.2. The lowest BCUT2D eigenvalue weighted by molar-refractivity contribution is 0.107. The SMILES string of the molecule is Cc1sc(CNC2CC2)cc1COCc1ccc(Br)cc1. The van der Waals surface area contributed by atoms with Crippen LogP contribution in [0.1, 0.15) is 33.7 Å². The van der Waals surface area contributed by atoms with Gasteiger partial charge in [0, 0.05) is 26.8 Å². The fraction of sp³-hybridized carbons (Fsp3) is 0.412. The predicted molar refractivity (Wildman–Crippen MR) is 91.6 cm³/mol. The highest BCUT2D eigenvalue weighted by atomic mass is 79.9. The molecule has 1 aromatic heterocycles. The van der Waals surface area contributed by atoms with Crippen molar-refractivity contribution < 1.29 is 4.74 Å². The molecule has 1 saturated carbocycles. The van der Waals surface area contributed by atoms with Crippen molar-refractivity contribution in [2.24, 2.45) is 0 Å². The molecule has 0 atom stereocenters. The summed E-state index contributed by atoms with van der Waals surface area (Å²) in [7, 11) is 0. The number of hydrogen-bond acceptors (Lipinski definition) is 3. The lowest BCUT2D eigenvalue weighted by Gasteiger charge is -2.04. The van der Waals surface area contributed by atoms with E-state index in [1.54, 1.807) is 0 Å². The first-order valence-corrected chi connectivity index (χ1v) is 8.95. The van der Waals surface area contributed by atoms with Gasteiger partial charge in [-0.3, -0.25) is 0 Å². The summed E-state index contributed by atoms with van der Waals surface area (Å²) in [4.78, 5) is 2.79. The molecule has 0 bridgehead atoms. The van der Waals surface area contributed by atoms with E-state index in [2.05, 4.69) is 58.5 Å². The molecule has 1 aromatic carbocycles. The standard InChI is InChI=1S/C17H20BrNOS/c1-12-14(8-17(21-12)9-19-16-6-7-16)11-20-10-13-2-4-15(18)5-3-13/h2-5,8,16,19H,6-7,9-11H2,1H3. The van der Waals surface area contributed by atoms with Gasteiger partial charge in [-0.2, -0.15) is 0 Å². The van der Waals surface area contributed by atoms with Gasteiger partial charge in [0.05, 0.1) is 13.2 Å². The van der Waals surface area contributed by atoms with Crippen LogP contribution in [-0.4, -0.2) is 6.04 Å². The molecule has 4 heteroatoms. The van der Waals surface area contributed by atoms with E-state index in [-0.39, 0.29) is 0 Å². The third-order valence-electron chi connectivity index (χ3n) is 3.65. The number of nitrogens with one attached hydrogen (secondary N) is 1. The Morgan fingerprint density at radius 2 is 2.00 bits per heavy atom. The minimum atomic E-state index is 0.665. The average molecular weight is 366 g/mol. The maximum absolute atomic E-state index is 5.85. The van der Waals surface area contributed by atoms with E-state index < -0.39 is 0 Å². The quantitative estimate of drug-likeness (QED) is 0.761. The molecule has 1 N–H and O–H groups in total. The summed E-state index contributed by atoms with van der Waals surface area (Å²) in [5.74, 6) is 0. The monoisotopic (exact) mass is 365 g/mol. The van der Waals surface area contributed by atoms with Crippen LogP contribution in [0.15, 0.2) is 34.8 Å². The molecule has 0 aliphatic heterocycles. The van der Waals surface area contributed by atoms with Crippen LogP contribution < -0.4 is 5.32 Å². The molecule has 0 amide bonds. The first kappa shape index (κ1) is 15.2. The van der Waals surface area contributed by atoms with Crippen LogP contribution in [0.3, 0.4) is 0 Å². The first-order valence-electron chi connectivity index (χ1n) is 7.34. The maximum atomic E-state index is 5.85. The van der Waals surface area contributed by atoms with E-state index in [9.17, 15) is 0 Å². The zero-order valence-corrected chi connectivity index (χ0v) is 14.6. The van der Waals surface area contributed by atoms with Crippen molar-refractivity contribution in [2.75, 3.05) is 0 Å². The third kappa shape index (κ3) is 4.65. The minimum Gasteiger partial charge on any atom is -0.372 e. The second-order valence-corrected chi connectivity index (χ2v) is 7.83. The molecule has 2 nitrogen and oxygen atoms in total. The Bertz CT molecular complexity index is 589. The van der Waals surface area contributed by atoms with Crippen molar-refractivity contribution in [3.05, 3.63) is 55.7 Å². The van der Waals surface area contributed by atoms with Crippen LogP contribution in [0.5, 0.6) is 0 Å². The van der Waals surface area contributed by atoms with E-state index in [0.29, 0.717) is 13.2 Å². The molecule has 21 heavy (non-hydrogen) atoms. The summed E-state index contributed by atoms with van der Waals surface area (Å²) in [6, 6.07) is 11.3. The molecular formula is C17H20BrNOS. The van der Waals surface area contributed by atoms with E-state index in [1.165, 1.54) is 33.7 Å². The van der Waals surface area contributed by atoms with Crippen LogP contribution >= 0.6 is 27.3 Å². The number of hydrogen-bond donors (Lipinski definition) is 1. The number of aryl methyl sites for hydroxylation is 1. The summed E-state index contributed by atoms with van der Waals surface area (Å²) < 4.78 is 6.95. The van der Waals surface area contributed by atoms with E-state index in [1.807, 2.05) is 11.3 Å². The topological polar surface area (TPSA) is 21.3 Å². The van der Waals surface area contributed by atoms with E-state index >= 15 is 0 Å². The van der Waals surface area contributed by atoms with Gasteiger partial charge in [-0.15, -0.1) is 11.3 Å². The molecule has 3 rings (SSSR count). The molecule has 0 spiro atoms. The van der Waals surface area contributed by atoms with Gasteiger partial charge in [0.15, 0.2) is 0 Å². The summed E-state index contributed by atoms with van der Waals surface area (Å²) in [5, 5.41) is 3.57. The Morgan fingerprint density at radius 3 is 2.71 bits per heavy atom. The number of thiophene rings is 1. The summed E-state index contributed by atoms with van der Waals surface area (Å²) in [6.07, 6.45) is 2.68. The van der Waals surface area contributed by atoms with Gasteiger partial charge in [0.2, 0.25) is 0 Å². The van der Waals surface area contributed by atoms with E-state index in [4.69, 9.17) is 4.74 Å². The van der Waals surface area contributed by atoms with Gasteiger partial charge >= 0.3 is 0 Å². The molecule has 112 valence electrons. The maximum Gasteiger partial charge on any atom is 0.0732 e.